The third-order valence-electron chi connectivity index (χ3n) is 6.17. The topological polar surface area (TPSA) is 56.6 Å². The lowest BCUT2D eigenvalue weighted by molar-refractivity contribution is -0.134. The maximum atomic E-state index is 12.8. The van der Waals surface area contributed by atoms with Crippen molar-refractivity contribution >= 4 is 5.91 Å². The first-order valence-corrected chi connectivity index (χ1v) is 10.0. The van der Waals surface area contributed by atoms with Crippen LogP contribution in [0, 0.1) is 35.0 Å². The Balaban J connectivity index is 1.90. The van der Waals surface area contributed by atoms with Crippen LogP contribution in [-0.2, 0) is 9.53 Å². The Kier molecular flexibility index (Phi) is 8.12. The lowest BCUT2D eigenvalue weighted by atomic mass is 9.69. The van der Waals surface area contributed by atoms with E-state index in [1.54, 1.807) is 7.11 Å². The summed E-state index contributed by atoms with van der Waals surface area (Å²) >= 11 is 0. The molecule has 1 aliphatic heterocycles. The number of methoxy groups -OCH3 is 1. The summed E-state index contributed by atoms with van der Waals surface area (Å²) in [6, 6.07) is 2.34. The van der Waals surface area contributed by atoms with Gasteiger partial charge in [-0.2, -0.15) is 5.26 Å². The summed E-state index contributed by atoms with van der Waals surface area (Å²) in [6.07, 6.45) is 4.51. The van der Waals surface area contributed by atoms with Crippen LogP contribution in [0.5, 0.6) is 0 Å². The van der Waals surface area contributed by atoms with E-state index in [-0.39, 0.29) is 5.91 Å². The molecule has 0 unspecified atom stereocenters. The summed E-state index contributed by atoms with van der Waals surface area (Å²) in [5, 5.41) is 9.11. The van der Waals surface area contributed by atoms with Gasteiger partial charge in [0.15, 0.2) is 0 Å². The number of hydrogen-bond acceptors (Lipinski definition) is 4. The Labute approximate surface area is 159 Å². The summed E-state index contributed by atoms with van der Waals surface area (Å²) in [7, 11) is 1.73. The zero-order chi connectivity index (χ0) is 19.1. The molecule has 2 aliphatic rings. The Morgan fingerprint density at radius 2 is 2.04 bits per heavy atom. The SMILES string of the molecule is COCCN1CCN(C(=O)C[C@@H]2C[C@@H](C(C)C)[C@H](CC#N)C=C2C)CC1. The molecule has 146 valence electrons. The van der Waals surface area contributed by atoms with Crippen molar-refractivity contribution in [1.82, 2.24) is 9.80 Å². The normalized spacial score (nSPS) is 27.3. The molecule has 0 aromatic carbocycles. The van der Waals surface area contributed by atoms with Crippen LogP contribution in [0.25, 0.3) is 0 Å². The van der Waals surface area contributed by atoms with E-state index in [0.29, 0.717) is 36.5 Å². The van der Waals surface area contributed by atoms with Gasteiger partial charge in [0.2, 0.25) is 5.91 Å². The smallest absolute Gasteiger partial charge is 0.223 e. The molecule has 0 aromatic heterocycles. The average molecular weight is 362 g/mol. The minimum Gasteiger partial charge on any atom is -0.383 e. The Bertz CT molecular complexity index is 530. The van der Waals surface area contributed by atoms with E-state index in [4.69, 9.17) is 10.00 Å². The molecule has 1 aliphatic carbocycles. The number of rotatable bonds is 7. The Morgan fingerprint density at radius 3 is 2.62 bits per heavy atom. The minimum atomic E-state index is 0.287. The van der Waals surface area contributed by atoms with Gasteiger partial charge in [0, 0.05) is 52.7 Å². The summed E-state index contributed by atoms with van der Waals surface area (Å²) in [4.78, 5) is 17.2. The third kappa shape index (κ3) is 5.56. The predicted molar refractivity (Wildman–Crippen MR) is 103 cm³/mol. The van der Waals surface area contributed by atoms with E-state index in [1.165, 1.54) is 5.57 Å². The van der Waals surface area contributed by atoms with E-state index in [0.717, 1.165) is 45.8 Å². The van der Waals surface area contributed by atoms with E-state index >= 15 is 0 Å². The van der Waals surface area contributed by atoms with Gasteiger partial charge in [-0.05, 0) is 37.0 Å². The molecule has 0 N–H and O–H groups in total. The van der Waals surface area contributed by atoms with Gasteiger partial charge in [0.05, 0.1) is 12.7 Å². The molecule has 3 atom stereocenters. The van der Waals surface area contributed by atoms with Crippen molar-refractivity contribution in [1.29, 1.82) is 5.26 Å². The van der Waals surface area contributed by atoms with Crippen molar-refractivity contribution in [2.24, 2.45) is 23.7 Å². The van der Waals surface area contributed by atoms with E-state index < -0.39 is 0 Å². The molecule has 5 nitrogen and oxygen atoms in total. The summed E-state index contributed by atoms with van der Waals surface area (Å²) < 4.78 is 5.14. The molecule has 26 heavy (non-hydrogen) atoms. The third-order valence-corrected chi connectivity index (χ3v) is 6.17. The Hall–Kier alpha value is -1.38. The molecule has 0 saturated carbocycles. The van der Waals surface area contributed by atoms with Crippen LogP contribution in [0.3, 0.4) is 0 Å². The second-order valence-electron chi connectivity index (χ2n) is 8.20. The lowest BCUT2D eigenvalue weighted by Gasteiger charge is -2.38. The standard InChI is InChI=1S/C21H35N3O2/c1-16(2)20-14-19(17(3)13-18(20)5-6-22)15-21(25)24-9-7-23(8-10-24)11-12-26-4/h13,16,18-20H,5,7-12,14-15H2,1-4H3/t18-,19+,20+/m1/s1. The van der Waals surface area contributed by atoms with Crippen LogP contribution in [0.4, 0.5) is 0 Å². The van der Waals surface area contributed by atoms with Crippen molar-refractivity contribution < 1.29 is 9.53 Å². The summed E-state index contributed by atoms with van der Waals surface area (Å²) in [5.74, 6) is 2.00. The quantitative estimate of drug-likeness (QED) is 0.654. The molecule has 0 bridgehead atoms. The van der Waals surface area contributed by atoms with Gasteiger partial charge in [-0.15, -0.1) is 0 Å². The van der Waals surface area contributed by atoms with E-state index in [1.807, 2.05) is 4.90 Å². The monoisotopic (exact) mass is 361 g/mol. The Morgan fingerprint density at radius 1 is 1.35 bits per heavy atom. The molecule has 0 aromatic rings. The number of amides is 1. The number of carbonyl (C=O) groups is 1. The molecule has 1 amide bonds. The lowest BCUT2D eigenvalue weighted by Crippen LogP contribution is -2.49. The van der Waals surface area contributed by atoms with Gasteiger partial charge in [-0.1, -0.05) is 25.5 Å². The highest BCUT2D eigenvalue weighted by atomic mass is 16.5. The average Bonchev–Trinajstić information content (AvgIpc) is 2.62. The molecule has 1 heterocycles. The van der Waals surface area contributed by atoms with Crippen LogP contribution in [0.2, 0.25) is 0 Å². The van der Waals surface area contributed by atoms with Gasteiger partial charge in [-0.3, -0.25) is 9.69 Å². The van der Waals surface area contributed by atoms with Gasteiger partial charge < -0.3 is 9.64 Å². The fraction of sp³-hybridized carbons (Fsp3) is 0.810. The maximum Gasteiger partial charge on any atom is 0.223 e. The van der Waals surface area contributed by atoms with Crippen LogP contribution in [0.15, 0.2) is 11.6 Å². The van der Waals surface area contributed by atoms with Gasteiger partial charge in [0.1, 0.15) is 0 Å². The highest BCUT2D eigenvalue weighted by Gasteiger charge is 2.33. The number of nitrogens with zero attached hydrogens (tertiary/aromatic N) is 3. The van der Waals surface area contributed by atoms with E-state index in [9.17, 15) is 4.79 Å². The molecule has 1 fully saturated rings. The van der Waals surface area contributed by atoms with E-state index in [2.05, 4.69) is 37.8 Å². The number of ether oxygens (including phenoxy) is 1. The number of carbonyl (C=O) groups excluding carboxylic acids is 1. The van der Waals surface area contributed by atoms with Crippen LogP contribution < -0.4 is 0 Å². The minimum absolute atomic E-state index is 0.287. The number of hydrogen-bond donors (Lipinski definition) is 0. The van der Waals surface area contributed by atoms with Crippen LogP contribution >= 0.6 is 0 Å². The number of allylic oxidation sites excluding steroid dienone is 2. The molecule has 5 heteroatoms. The van der Waals surface area contributed by atoms with Gasteiger partial charge >= 0.3 is 0 Å². The fourth-order valence-corrected chi connectivity index (χ4v) is 4.39. The van der Waals surface area contributed by atoms with Crippen LogP contribution in [0.1, 0.15) is 40.0 Å². The molecule has 0 spiro atoms. The zero-order valence-electron chi connectivity index (χ0n) is 16.9. The van der Waals surface area contributed by atoms with Crippen molar-refractivity contribution in [3.8, 4) is 6.07 Å². The van der Waals surface area contributed by atoms with Crippen molar-refractivity contribution in [2.45, 2.75) is 40.0 Å². The highest BCUT2D eigenvalue weighted by molar-refractivity contribution is 5.77. The molecular weight excluding hydrogens is 326 g/mol. The number of piperazine rings is 1. The van der Waals surface area contributed by atoms with Crippen molar-refractivity contribution in [3.63, 3.8) is 0 Å². The van der Waals surface area contributed by atoms with Crippen molar-refractivity contribution in [2.75, 3.05) is 46.4 Å². The van der Waals surface area contributed by atoms with Gasteiger partial charge in [0.25, 0.3) is 0 Å². The second-order valence-corrected chi connectivity index (χ2v) is 8.20. The predicted octanol–water partition coefficient (Wildman–Crippen LogP) is 2.94. The number of nitriles is 1. The first-order chi connectivity index (χ1) is 12.5. The molecule has 1 saturated heterocycles. The molecular formula is C21H35N3O2. The van der Waals surface area contributed by atoms with Crippen LogP contribution in [-0.4, -0.2) is 62.1 Å². The summed E-state index contributed by atoms with van der Waals surface area (Å²) in [6.45, 7) is 11.8. The largest absolute Gasteiger partial charge is 0.383 e. The first kappa shape index (κ1) is 20.9. The fourth-order valence-electron chi connectivity index (χ4n) is 4.39. The maximum absolute atomic E-state index is 12.8. The highest BCUT2D eigenvalue weighted by Crippen LogP contribution is 2.40. The molecule has 2 rings (SSSR count). The van der Waals surface area contributed by atoms with Crippen molar-refractivity contribution in [3.05, 3.63) is 11.6 Å². The molecule has 0 radical (unpaired) electrons. The zero-order valence-corrected chi connectivity index (χ0v) is 16.9. The summed E-state index contributed by atoms with van der Waals surface area (Å²) in [5.41, 5.74) is 1.30. The second kappa shape index (κ2) is 10.1. The first-order valence-electron chi connectivity index (χ1n) is 10.0. The van der Waals surface area contributed by atoms with Gasteiger partial charge in [-0.25, -0.2) is 0 Å².